The lowest BCUT2D eigenvalue weighted by Crippen LogP contribution is -2.16. The monoisotopic (exact) mass is 302 g/mol. The minimum absolute atomic E-state index is 0.175. The zero-order valence-corrected chi connectivity index (χ0v) is 12.4. The summed E-state index contributed by atoms with van der Waals surface area (Å²) in [6, 6.07) is 5.98. The van der Waals surface area contributed by atoms with Gasteiger partial charge in [-0.3, -0.25) is 4.79 Å². The Labute approximate surface area is 122 Å². The summed E-state index contributed by atoms with van der Waals surface area (Å²) in [6.45, 7) is 4.28. The fourth-order valence-electron chi connectivity index (χ4n) is 1.57. The highest BCUT2D eigenvalue weighted by atomic mass is 35.5. The third-order valence-corrected chi connectivity index (χ3v) is 2.99. The van der Waals surface area contributed by atoms with Crippen molar-refractivity contribution in [3.05, 3.63) is 35.4 Å². The van der Waals surface area contributed by atoms with E-state index in [0.717, 1.165) is 6.42 Å². The van der Waals surface area contributed by atoms with Gasteiger partial charge in [0.25, 0.3) is 5.24 Å². The molecule has 1 aromatic rings. The van der Waals surface area contributed by atoms with Gasteiger partial charge < -0.3 is 4.74 Å². The van der Waals surface area contributed by atoms with E-state index in [2.05, 4.69) is 13.8 Å². The van der Waals surface area contributed by atoms with Crippen molar-refractivity contribution >= 4 is 34.4 Å². The van der Waals surface area contributed by atoms with Crippen LogP contribution >= 0.6 is 23.2 Å². The Bertz CT molecular complexity index is 441. The zero-order valence-electron chi connectivity index (χ0n) is 10.9. The number of hydrogen-bond donors (Lipinski definition) is 0. The highest BCUT2D eigenvalue weighted by Gasteiger charge is 2.13. The highest BCUT2D eigenvalue weighted by Crippen LogP contribution is 2.13. The average Bonchev–Trinajstić information content (AvgIpc) is 2.35. The number of halogens is 2. The maximum absolute atomic E-state index is 11.7. The van der Waals surface area contributed by atoms with E-state index < -0.39 is 11.2 Å². The first kappa shape index (κ1) is 16.0. The summed E-state index contributed by atoms with van der Waals surface area (Å²) in [5.74, 6) is -0.00167. The van der Waals surface area contributed by atoms with Crippen LogP contribution in [0.3, 0.4) is 0 Å². The summed E-state index contributed by atoms with van der Waals surface area (Å²) in [5.41, 5.74) is 0.711. The lowest BCUT2D eigenvalue weighted by molar-refractivity contribution is 0.0498. The van der Waals surface area contributed by atoms with Crippen molar-refractivity contribution in [2.24, 2.45) is 5.92 Å². The van der Waals surface area contributed by atoms with E-state index in [9.17, 15) is 9.59 Å². The molecule has 0 heterocycles. The molecule has 0 radical (unpaired) electrons. The molecule has 0 aliphatic carbocycles. The van der Waals surface area contributed by atoms with Crippen LogP contribution in [0.15, 0.2) is 24.3 Å². The molecule has 104 valence electrons. The van der Waals surface area contributed by atoms with Crippen LogP contribution in [0.25, 0.3) is 0 Å². The number of ether oxygens (including phenoxy) is 1. The van der Waals surface area contributed by atoms with Gasteiger partial charge in [-0.05, 0) is 48.2 Å². The molecule has 0 fully saturated rings. The van der Waals surface area contributed by atoms with Gasteiger partial charge >= 0.3 is 5.97 Å². The molecule has 0 aliphatic rings. The van der Waals surface area contributed by atoms with Crippen LogP contribution in [0.1, 0.15) is 41.0 Å². The Morgan fingerprint density at radius 1 is 1.16 bits per heavy atom. The molecule has 19 heavy (non-hydrogen) atoms. The molecule has 0 N–H and O–H groups in total. The number of hydrogen-bond acceptors (Lipinski definition) is 3. The maximum Gasteiger partial charge on any atom is 0.338 e. The maximum atomic E-state index is 11.7. The molecule has 0 aliphatic heterocycles. The Morgan fingerprint density at radius 3 is 2.16 bits per heavy atom. The normalized spacial score (nSPS) is 12.3. The van der Waals surface area contributed by atoms with E-state index in [-0.39, 0.29) is 12.0 Å². The Morgan fingerprint density at radius 2 is 1.68 bits per heavy atom. The van der Waals surface area contributed by atoms with Crippen molar-refractivity contribution < 1.29 is 14.3 Å². The SMILES string of the molecule is CC(C)CC(Cl)COC(=O)c1ccc(C(=O)Cl)cc1. The van der Waals surface area contributed by atoms with Crippen molar-refractivity contribution in [3.8, 4) is 0 Å². The molecule has 1 unspecified atom stereocenters. The molecule has 0 saturated heterocycles. The molecule has 3 nitrogen and oxygen atoms in total. The van der Waals surface area contributed by atoms with Crippen LogP contribution in [-0.2, 0) is 4.74 Å². The first-order valence-electron chi connectivity index (χ1n) is 6.01. The van der Waals surface area contributed by atoms with Gasteiger partial charge in [0.05, 0.1) is 10.9 Å². The first-order chi connectivity index (χ1) is 8.90. The van der Waals surface area contributed by atoms with Gasteiger partial charge in [-0.1, -0.05) is 13.8 Å². The standard InChI is InChI=1S/C14H16Cl2O3/c1-9(2)7-12(15)8-19-14(18)11-5-3-10(4-6-11)13(16)17/h3-6,9,12H,7-8H2,1-2H3. The minimum atomic E-state index is -0.558. The molecule has 0 spiro atoms. The van der Waals surface area contributed by atoms with E-state index in [1.54, 1.807) is 0 Å². The summed E-state index contributed by atoms with van der Waals surface area (Å²) in [7, 11) is 0. The largest absolute Gasteiger partial charge is 0.461 e. The van der Waals surface area contributed by atoms with E-state index in [1.807, 2.05) is 0 Å². The highest BCUT2D eigenvalue weighted by molar-refractivity contribution is 6.67. The van der Waals surface area contributed by atoms with Crippen molar-refractivity contribution in [1.82, 2.24) is 0 Å². The van der Waals surface area contributed by atoms with E-state index in [4.69, 9.17) is 27.9 Å². The number of esters is 1. The van der Waals surface area contributed by atoms with Crippen LogP contribution in [0, 0.1) is 5.92 Å². The van der Waals surface area contributed by atoms with Gasteiger partial charge in [-0.15, -0.1) is 11.6 Å². The summed E-state index contributed by atoms with van der Waals surface area (Å²) in [5, 5.41) is -0.745. The topological polar surface area (TPSA) is 43.4 Å². The van der Waals surface area contributed by atoms with Gasteiger partial charge in [0, 0.05) is 5.56 Å². The first-order valence-corrected chi connectivity index (χ1v) is 6.82. The summed E-state index contributed by atoms with van der Waals surface area (Å²) >= 11 is 11.3. The molecule has 1 rings (SSSR count). The quantitative estimate of drug-likeness (QED) is 0.455. The van der Waals surface area contributed by atoms with Gasteiger partial charge in [-0.25, -0.2) is 4.79 Å². The Kier molecular flexibility index (Phi) is 6.32. The van der Waals surface area contributed by atoms with E-state index in [1.165, 1.54) is 24.3 Å². The number of benzene rings is 1. The second kappa shape index (κ2) is 7.51. The zero-order chi connectivity index (χ0) is 14.4. The number of carbonyl (C=O) groups is 2. The summed E-state index contributed by atoms with van der Waals surface area (Å²) in [4.78, 5) is 22.6. The lowest BCUT2D eigenvalue weighted by atomic mass is 10.1. The molecule has 0 bridgehead atoms. The second-order valence-electron chi connectivity index (χ2n) is 4.68. The Hall–Kier alpha value is -1.06. The smallest absolute Gasteiger partial charge is 0.338 e. The van der Waals surface area contributed by atoms with Crippen LogP contribution in [0.5, 0.6) is 0 Å². The van der Waals surface area contributed by atoms with Crippen molar-refractivity contribution in [2.45, 2.75) is 25.6 Å². The Balaban J connectivity index is 2.52. The van der Waals surface area contributed by atoms with E-state index >= 15 is 0 Å². The lowest BCUT2D eigenvalue weighted by Gasteiger charge is -2.12. The van der Waals surface area contributed by atoms with Gasteiger partial charge in [-0.2, -0.15) is 0 Å². The second-order valence-corrected chi connectivity index (χ2v) is 5.64. The molecule has 1 atom stereocenters. The number of alkyl halides is 1. The molecule has 0 amide bonds. The molecule has 5 heteroatoms. The predicted molar refractivity (Wildman–Crippen MR) is 76.0 cm³/mol. The minimum Gasteiger partial charge on any atom is -0.461 e. The van der Waals surface area contributed by atoms with Crippen LogP contribution in [0.4, 0.5) is 0 Å². The van der Waals surface area contributed by atoms with Gasteiger partial charge in [0.15, 0.2) is 0 Å². The predicted octanol–water partition coefficient (Wildman–Crippen LogP) is 3.88. The average molecular weight is 303 g/mol. The molecule has 0 saturated carbocycles. The summed E-state index contributed by atoms with van der Waals surface area (Å²) in [6.07, 6.45) is 0.786. The van der Waals surface area contributed by atoms with Gasteiger partial charge in [0.2, 0.25) is 0 Å². The van der Waals surface area contributed by atoms with Crippen molar-refractivity contribution in [2.75, 3.05) is 6.61 Å². The van der Waals surface area contributed by atoms with Crippen LogP contribution < -0.4 is 0 Å². The molecular formula is C14H16Cl2O3. The van der Waals surface area contributed by atoms with E-state index in [0.29, 0.717) is 17.0 Å². The van der Waals surface area contributed by atoms with Crippen molar-refractivity contribution in [3.63, 3.8) is 0 Å². The summed E-state index contributed by atoms with van der Waals surface area (Å²) < 4.78 is 5.10. The van der Waals surface area contributed by atoms with Crippen LogP contribution in [-0.4, -0.2) is 23.2 Å². The third kappa shape index (κ3) is 5.62. The molecular weight excluding hydrogens is 287 g/mol. The third-order valence-electron chi connectivity index (χ3n) is 2.47. The molecule has 0 aromatic heterocycles. The van der Waals surface area contributed by atoms with Gasteiger partial charge in [0.1, 0.15) is 6.61 Å². The molecule has 1 aromatic carbocycles. The number of rotatable bonds is 6. The fourth-order valence-corrected chi connectivity index (χ4v) is 2.11. The van der Waals surface area contributed by atoms with Crippen LogP contribution in [0.2, 0.25) is 0 Å². The van der Waals surface area contributed by atoms with Crippen molar-refractivity contribution in [1.29, 1.82) is 0 Å². The number of carbonyl (C=O) groups excluding carboxylic acids is 2. The fraction of sp³-hybridized carbons (Fsp3) is 0.429.